The van der Waals surface area contributed by atoms with Gasteiger partial charge in [-0.25, -0.2) is 14.4 Å². The maximum Gasteiger partial charge on any atom is 0.233 e. The van der Waals surface area contributed by atoms with Crippen LogP contribution in [-0.2, 0) is 6.54 Å². The number of rotatable bonds is 2. The Morgan fingerprint density at radius 1 is 1.22 bits per heavy atom. The molecule has 0 fully saturated rings. The molecule has 18 heavy (non-hydrogen) atoms. The Balaban J connectivity index is 2.16. The van der Waals surface area contributed by atoms with Crippen LogP contribution < -0.4 is 5.73 Å². The fourth-order valence-electron chi connectivity index (χ4n) is 1.87. The van der Waals surface area contributed by atoms with E-state index in [0.717, 1.165) is 5.69 Å². The highest BCUT2D eigenvalue weighted by atomic mass is 19.1. The number of hydrogen-bond donors (Lipinski definition) is 1. The summed E-state index contributed by atoms with van der Waals surface area (Å²) in [7, 11) is 0. The van der Waals surface area contributed by atoms with Crippen molar-refractivity contribution in [1.82, 2.24) is 14.4 Å². The first-order chi connectivity index (χ1) is 8.78. The molecule has 0 amide bonds. The van der Waals surface area contributed by atoms with Crippen LogP contribution in [0.2, 0.25) is 0 Å². The molecule has 2 aromatic heterocycles. The van der Waals surface area contributed by atoms with E-state index in [1.807, 2.05) is 0 Å². The van der Waals surface area contributed by atoms with E-state index in [1.54, 1.807) is 41.2 Å². The zero-order chi connectivity index (χ0) is 12.5. The van der Waals surface area contributed by atoms with Gasteiger partial charge >= 0.3 is 0 Å². The summed E-state index contributed by atoms with van der Waals surface area (Å²) in [6, 6.07) is 6.61. The Morgan fingerprint density at radius 2 is 2.06 bits per heavy atom. The molecule has 0 aliphatic rings. The molecule has 0 aliphatic carbocycles. The minimum Gasteiger partial charge on any atom is -0.325 e. The van der Waals surface area contributed by atoms with Gasteiger partial charge in [-0.2, -0.15) is 0 Å². The van der Waals surface area contributed by atoms with E-state index in [4.69, 9.17) is 5.73 Å². The molecule has 5 heteroatoms. The van der Waals surface area contributed by atoms with E-state index in [2.05, 4.69) is 9.97 Å². The lowest BCUT2D eigenvalue weighted by atomic mass is 10.1. The Bertz CT molecular complexity index is 705. The molecule has 90 valence electrons. The van der Waals surface area contributed by atoms with Gasteiger partial charge in [0.2, 0.25) is 5.78 Å². The first-order valence-electron chi connectivity index (χ1n) is 5.56. The van der Waals surface area contributed by atoms with E-state index in [0.29, 0.717) is 23.4 Å². The Kier molecular flexibility index (Phi) is 2.53. The second kappa shape index (κ2) is 4.19. The van der Waals surface area contributed by atoms with Gasteiger partial charge in [-0.15, -0.1) is 0 Å². The zero-order valence-corrected chi connectivity index (χ0v) is 9.55. The van der Waals surface area contributed by atoms with Crippen molar-refractivity contribution < 1.29 is 4.39 Å². The number of nitrogens with zero attached hydrogens (tertiary/aromatic N) is 3. The van der Waals surface area contributed by atoms with E-state index in [9.17, 15) is 4.39 Å². The molecule has 0 aliphatic heterocycles. The molecule has 0 saturated heterocycles. The smallest absolute Gasteiger partial charge is 0.233 e. The third-order valence-corrected chi connectivity index (χ3v) is 2.75. The normalized spacial score (nSPS) is 11.0. The Morgan fingerprint density at radius 3 is 2.83 bits per heavy atom. The first-order valence-corrected chi connectivity index (χ1v) is 5.56. The van der Waals surface area contributed by atoms with Crippen LogP contribution in [0.5, 0.6) is 0 Å². The molecule has 3 rings (SSSR count). The summed E-state index contributed by atoms with van der Waals surface area (Å²) in [6.07, 6.45) is 5.21. The van der Waals surface area contributed by atoms with E-state index >= 15 is 0 Å². The number of aromatic nitrogens is 3. The lowest BCUT2D eigenvalue weighted by Crippen LogP contribution is -1.95. The van der Waals surface area contributed by atoms with Gasteiger partial charge in [-0.05, 0) is 6.07 Å². The maximum atomic E-state index is 13.7. The zero-order valence-electron chi connectivity index (χ0n) is 9.55. The number of imidazole rings is 1. The van der Waals surface area contributed by atoms with Crippen LogP contribution in [0.3, 0.4) is 0 Å². The molecule has 0 radical (unpaired) electrons. The lowest BCUT2D eigenvalue weighted by Gasteiger charge is -2.02. The van der Waals surface area contributed by atoms with E-state index < -0.39 is 0 Å². The molecule has 2 N–H and O–H groups in total. The number of nitrogens with two attached hydrogens (primary N) is 1. The number of benzene rings is 1. The lowest BCUT2D eigenvalue weighted by molar-refractivity contribution is 0.631. The van der Waals surface area contributed by atoms with E-state index in [1.165, 1.54) is 6.07 Å². The van der Waals surface area contributed by atoms with Crippen LogP contribution in [0.4, 0.5) is 4.39 Å². The SMILES string of the molecule is NCc1cn2cc(-c3ccccc3F)cnc2n1. The molecule has 0 bridgehead atoms. The van der Waals surface area contributed by atoms with Crippen LogP contribution in [0, 0.1) is 5.82 Å². The molecular weight excluding hydrogens is 231 g/mol. The fraction of sp³-hybridized carbons (Fsp3) is 0.0769. The third-order valence-electron chi connectivity index (χ3n) is 2.75. The van der Waals surface area contributed by atoms with Crippen LogP contribution in [0.1, 0.15) is 5.69 Å². The average Bonchev–Trinajstić information content (AvgIpc) is 2.81. The van der Waals surface area contributed by atoms with Gasteiger partial charge in [0, 0.05) is 36.3 Å². The molecule has 4 nitrogen and oxygen atoms in total. The van der Waals surface area contributed by atoms with Crippen LogP contribution in [-0.4, -0.2) is 14.4 Å². The van der Waals surface area contributed by atoms with Crippen molar-refractivity contribution in [3.63, 3.8) is 0 Å². The van der Waals surface area contributed by atoms with Gasteiger partial charge < -0.3 is 5.73 Å². The number of fused-ring (bicyclic) bond motifs is 1. The van der Waals surface area contributed by atoms with Gasteiger partial charge in [-0.1, -0.05) is 18.2 Å². The summed E-state index contributed by atoms with van der Waals surface area (Å²) >= 11 is 0. The number of halogens is 1. The van der Waals surface area contributed by atoms with Crippen LogP contribution >= 0.6 is 0 Å². The van der Waals surface area contributed by atoms with Crippen LogP contribution in [0.15, 0.2) is 42.9 Å². The van der Waals surface area contributed by atoms with Gasteiger partial charge in [0.25, 0.3) is 0 Å². The van der Waals surface area contributed by atoms with Crippen molar-refractivity contribution in [2.45, 2.75) is 6.54 Å². The highest BCUT2D eigenvalue weighted by molar-refractivity contribution is 5.63. The van der Waals surface area contributed by atoms with Crippen molar-refractivity contribution in [3.05, 3.63) is 54.4 Å². The monoisotopic (exact) mass is 242 g/mol. The number of hydrogen-bond acceptors (Lipinski definition) is 3. The van der Waals surface area contributed by atoms with Crippen molar-refractivity contribution in [2.75, 3.05) is 0 Å². The molecule has 3 aromatic rings. The quantitative estimate of drug-likeness (QED) is 0.747. The minimum absolute atomic E-state index is 0.266. The summed E-state index contributed by atoms with van der Waals surface area (Å²) in [5.74, 6) is 0.299. The Labute approximate surface area is 103 Å². The second-order valence-corrected chi connectivity index (χ2v) is 3.97. The molecule has 2 heterocycles. The molecular formula is C13H11FN4. The molecule has 0 saturated carbocycles. The Hall–Kier alpha value is -2.27. The topological polar surface area (TPSA) is 56.2 Å². The summed E-state index contributed by atoms with van der Waals surface area (Å²) in [5, 5.41) is 0. The average molecular weight is 242 g/mol. The van der Waals surface area contributed by atoms with Gasteiger partial charge in [0.15, 0.2) is 0 Å². The second-order valence-electron chi connectivity index (χ2n) is 3.97. The standard InChI is InChI=1S/C13H11FN4/c14-12-4-2-1-3-11(12)9-6-16-13-17-10(5-15)8-18(13)7-9/h1-4,6-8H,5,15H2. The molecule has 1 aromatic carbocycles. The van der Waals surface area contributed by atoms with Crippen molar-refractivity contribution in [1.29, 1.82) is 0 Å². The van der Waals surface area contributed by atoms with Gasteiger partial charge in [0.1, 0.15) is 5.82 Å². The maximum absolute atomic E-state index is 13.7. The minimum atomic E-state index is -0.266. The van der Waals surface area contributed by atoms with Crippen molar-refractivity contribution >= 4 is 5.78 Å². The van der Waals surface area contributed by atoms with Crippen LogP contribution in [0.25, 0.3) is 16.9 Å². The van der Waals surface area contributed by atoms with Crippen molar-refractivity contribution in [2.24, 2.45) is 5.73 Å². The summed E-state index contributed by atoms with van der Waals surface area (Å²) in [5.41, 5.74) is 7.51. The predicted molar refractivity (Wildman–Crippen MR) is 66.3 cm³/mol. The third kappa shape index (κ3) is 1.74. The largest absolute Gasteiger partial charge is 0.325 e. The molecule has 0 unspecified atom stereocenters. The molecule has 0 atom stereocenters. The van der Waals surface area contributed by atoms with Crippen molar-refractivity contribution in [3.8, 4) is 11.1 Å². The van der Waals surface area contributed by atoms with Gasteiger partial charge in [-0.3, -0.25) is 4.40 Å². The first kappa shape index (κ1) is 10.9. The fourth-order valence-corrected chi connectivity index (χ4v) is 1.87. The summed E-state index contributed by atoms with van der Waals surface area (Å²) < 4.78 is 15.4. The predicted octanol–water partition coefficient (Wildman–Crippen LogP) is 1.99. The highest BCUT2D eigenvalue weighted by Gasteiger charge is 2.07. The van der Waals surface area contributed by atoms with Gasteiger partial charge in [0.05, 0.1) is 5.69 Å². The molecule has 0 spiro atoms. The highest BCUT2D eigenvalue weighted by Crippen LogP contribution is 2.21. The van der Waals surface area contributed by atoms with E-state index in [-0.39, 0.29) is 5.82 Å². The summed E-state index contributed by atoms with van der Waals surface area (Å²) in [4.78, 5) is 8.42. The summed E-state index contributed by atoms with van der Waals surface area (Å²) in [6.45, 7) is 0.360.